The molecule has 0 aliphatic rings. The van der Waals surface area contributed by atoms with Crippen LogP contribution in [0.15, 0.2) is 60.7 Å². The number of primary amides is 1. The first-order valence-corrected chi connectivity index (χ1v) is 10.2. The number of nitrogens with two attached hydrogens (primary N) is 1. The average molecular weight is 453 g/mol. The van der Waals surface area contributed by atoms with E-state index in [4.69, 9.17) is 15.2 Å². The third-order valence-corrected chi connectivity index (χ3v) is 4.54. The molecule has 0 heterocycles. The van der Waals surface area contributed by atoms with Gasteiger partial charge < -0.3 is 25.4 Å². The number of nitrogens with zero attached hydrogens (tertiary/aromatic N) is 1. The molecule has 9 nitrogen and oxygen atoms in total. The number of ether oxygens (including phenoxy) is 2. The monoisotopic (exact) mass is 453 g/mol. The molecule has 0 aliphatic carbocycles. The normalized spacial score (nSPS) is 11.5. The van der Waals surface area contributed by atoms with Crippen LogP contribution in [0.25, 0.3) is 6.08 Å². The van der Waals surface area contributed by atoms with Crippen molar-refractivity contribution in [1.29, 1.82) is 0 Å². The second-order valence-electron chi connectivity index (χ2n) is 7.04. The van der Waals surface area contributed by atoms with Gasteiger partial charge >= 0.3 is 5.97 Å². The molecule has 3 N–H and O–H groups in total. The highest BCUT2D eigenvalue weighted by molar-refractivity contribution is 5.97. The molecule has 2 rings (SSSR count). The van der Waals surface area contributed by atoms with Crippen LogP contribution in [0.5, 0.6) is 5.75 Å². The summed E-state index contributed by atoms with van der Waals surface area (Å²) in [5.74, 6) is -1.64. The summed E-state index contributed by atoms with van der Waals surface area (Å²) in [4.78, 5) is 49.4. The van der Waals surface area contributed by atoms with E-state index in [0.717, 1.165) is 5.56 Å². The van der Waals surface area contributed by atoms with Crippen molar-refractivity contribution in [3.63, 3.8) is 0 Å². The molecule has 0 aliphatic heterocycles. The van der Waals surface area contributed by atoms with Crippen LogP contribution in [0.1, 0.15) is 18.9 Å². The molecule has 0 saturated carbocycles. The molecule has 9 heteroatoms. The molecule has 0 bridgehead atoms. The van der Waals surface area contributed by atoms with Gasteiger partial charge in [0.2, 0.25) is 11.8 Å². The van der Waals surface area contributed by atoms with Crippen LogP contribution in [0.2, 0.25) is 0 Å². The van der Waals surface area contributed by atoms with Crippen LogP contribution in [0.4, 0.5) is 5.69 Å². The van der Waals surface area contributed by atoms with E-state index in [-0.39, 0.29) is 13.0 Å². The zero-order valence-electron chi connectivity index (χ0n) is 18.5. The van der Waals surface area contributed by atoms with Crippen molar-refractivity contribution < 1.29 is 28.7 Å². The lowest BCUT2D eigenvalue weighted by atomic mass is 10.2. The number of esters is 1. The molecule has 3 amide bonds. The lowest BCUT2D eigenvalue weighted by Crippen LogP contribution is -2.41. The summed E-state index contributed by atoms with van der Waals surface area (Å²) in [6.45, 7) is 0.959. The molecular weight excluding hydrogens is 426 g/mol. The molecule has 0 radical (unpaired) electrons. The van der Waals surface area contributed by atoms with Crippen LogP contribution in [-0.2, 0) is 23.9 Å². The summed E-state index contributed by atoms with van der Waals surface area (Å²) in [5, 5.41) is 2.49. The van der Waals surface area contributed by atoms with Gasteiger partial charge in [0.25, 0.3) is 5.91 Å². The summed E-state index contributed by atoms with van der Waals surface area (Å²) in [7, 11) is 1.56. The predicted octanol–water partition coefficient (Wildman–Crippen LogP) is 1.66. The number of methoxy groups -OCH3 is 1. The van der Waals surface area contributed by atoms with Crippen LogP contribution in [-0.4, -0.2) is 50.0 Å². The highest BCUT2D eigenvalue weighted by Gasteiger charge is 2.21. The summed E-state index contributed by atoms with van der Waals surface area (Å²) >= 11 is 0. The quantitative estimate of drug-likeness (QED) is 0.393. The standard InChI is InChI=1S/C24H27N3O6/c1-17(26-22(29)13-10-18-8-11-20(32-2)12-9-18)24(31)33-16-23(30)27(15-14-21(25)28)19-6-4-3-5-7-19/h3-13,17H,14-16H2,1-2H3,(H2,25,28)(H,26,29)/b13-10+/t17-/m0/s1. The maximum Gasteiger partial charge on any atom is 0.328 e. The van der Waals surface area contributed by atoms with Crippen molar-refractivity contribution in [1.82, 2.24) is 5.32 Å². The Kier molecular flexibility index (Phi) is 9.63. The fourth-order valence-electron chi connectivity index (χ4n) is 2.77. The fraction of sp³-hybridized carbons (Fsp3) is 0.250. The molecule has 0 fully saturated rings. The second kappa shape index (κ2) is 12.7. The maximum absolute atomic E-state index is 12.6. The SMILES string of the molecule is COc1ccc(/C=C/C(=O)N[C@@H](C)C(=O)OCC(=O)N(CCC(N)=O)c2ccccc2)cc1. The van der Waals surface area contributed by atoms with Gasteiger partial charge in [-0.05, 0) is 42.8 Å². The van der Waals surface area contributed by atoms with Gasteiger partial charge in [0, 0.05) is 24.7 Å². The predicted molar refractivity (Wildman–Crippen MR) is 123 cm³/mol. The summed E-state index contributed by atoms with van der Waals surface area (Å²) < 4.78 is 10.1. The largest absolute Gasteiger partial charge is 0.497 e. The van der Waals surface area contributed by atoms with Gasteiger partial charge in [0.1, 0.15) is 11.8 Å². The molecule has 0 aromatic heterocycles. The van der Waals surface area contributed by atoms with E-state index in [9.17, 15) is 19.2 Å². The third kappa shape index (κ3) is 8.48. The van der Waals surface area contributed by atoms with Gasteiger partial charge in [-0.3, -0.25) is 14.4 Å². The Morgan fingerprint density at radius 3 is 2.33 bits per heavy atom. The lowest BCUT2D eigenvalue weighted by Gasteiger charge is -2.22. The number of anilines is 1. The van der Waals surface area contributed by atoms with Crippen LogP contribution in [0.3, 0.4) is 0 Å². The summed E-state index contributed by atoms with van der Waals surface area (Å²) in [6, 6.07) is 14.8. The molecule has 0 unspecified atom stereocenters. The number of benzene rings is 2. The van der Waals surface area contributed by atoms with Gasteiger partial charge in [-0.1, -0.05) is 30.3 Å². The Morgan fingerprint density at radius 2 is 1.73 bits per heavy atom. The fourth-order valence-corrected chi connectivity index (χ4v) is 2.77. The third-order valence-electron chi connectivity index (χ3n) is 4.54. The number of hydrogen-bond acceptors (Lipinski definition) is 6. The molecule has 2 aromatic rings. The van der Waals surface area contributed by atoms with Crippen molar-refractivity contribution in [3.05, 3.63) is 66.2 Å². The van der Waals surface area contributed by atoms with Gasteiger partial charge in [-0.15, -0.1) is 0 Å². The average Bonchev–Trinajstić information content (AvgIpc) is 2.82. The first-order valence-electron chi connectivity index (χ1n) is 10.2. The van der Waals surface area contributed by atoms with E-state index in [0.29, 0.717) is 11.4 Å². The topological polar surface area (TPSA) is 128 Å². The van der Waals surface area contributed by atoms with Crippen LogP contribution >= 0.6 is 0 Å². The van der Waals surface area contributed by atoms with Gasteiger partial charge in [-0.25, -0.2) is 4.79 Å². The Balaban J connectivity index is 1.87. The minimum Gasteiger partial charge on any atom is -0.497 e. The van der Waals surface area contributed by atoms with E-state index in [1.165, 1.54) is 17.9 Å². The van der Waals surface area contributed by atoms with E-state index >= 15 is 0 Å². The van der Waals surface area contributed by atoms with E-state index in [2.05, 4.69) is 5.32 Å². The number of rotatable bonds is 11. The van der Waals surface area contributed by atoms with Crippen molar-refractivity contribution in [2.45, 2.75) is 19.4 Å². The van der Waals surface area contributed by atoms with E-state index < -0.39 is 36.3 Å². The van der Waals surface area contributed by atoms with Crippen molar-refractivity contribution in [2.75, 3.05) is 25.2 Å². The maximum atomic E-state index is 12.6. The molecule has 2 aromatic carbocycles. The Hall–Kier alpha value is -4.14. The van der Waals surface area contributed by atoms with Gasteiger partial charge in [0.15, 0.2) is 6.61 Å². The zero-order valence-corrected chi connectivity index (χ0v) is 18.5. The van der Waals surface area contributed by atoms with Crippen molar-refractivity contribution in [3.8, 4) is 5.75 Å². The van der Waals surface area contributed by atoms with Crippen molar-refractivity contribution in [2.24, 2.45) is 5.73 Å². The molecule has 0 saturated heterocycles. The number of carbonyl (C=O) groups is 4. The van der Waals surface area contributed by atoms with Gasteiger partial charge in [-0.2, -0.15) is 0 Å². The summed E-state index contributed by atoms with van der Waals surface area (Å²) in [6.07, 6.45) is 2.84. The number of carbonyl (C=O) groups excluding carboxylic acids is 4. The number of amides is 3. The Bertz CT molecular complexity index is 989. The molecule has 0 spiro atoms. The minimum absolute atomic E-state index is 0.0401. The Morgan fingerprint density at radius 1 is 1.06 bits per heavy atom. The minimum atomic E-state index is -0.971. The lowest BCUT2D eigenvalue weighted by molar-refractivity contribution is -0.150. The first kappa shape index (κ1) is 25.1. The van der Waals surface area contributed by atoms with Crippen LogP contribution < -0.4 is 20.7 Å². The van der Waals surface area contributed by atoms with Gasteiger partial charge in [0.05, 0.1) is 7.11 Å². The molecule has 33 heavy (non-hydrogen) atoms. The highest BCUT2D eigenvalue weighted by atomic mass is 16.5. The number of para-hydroxylation sites is 1. The van der Waals surface area contributed by atoms with Crippen molar-refractivity contribution >= 4 is 35.5 Å². The number of nitrogens with one attached hydrogen (secondary N) is 1. The van der Waals surface area contributed by atoms with Crippen LogP contribution in [0, 0.1) is 0 Å². The summed E-state index contributed by atoms with van der Waals surface area (Å²) in [5.41, 5.74) is 6.52. The number of hydrogen-bond donors (Lipinski definition) is 2. The highest BCUT2D eigenvalue weighted by Crippen LogP contribution is 2.14. The molecule has 174 valence electrons. The first-order chi connectivity index (χ1) is 15.8. The van der Waals surface area contributed by atoms with E-state index in [1.54, 1.807) is 67.8 Å². The van der Waals surface area contributed by atoms with E-state index in [1.807, 2.05) is 0 Å². The second-order valence-corrected chi connectivity index (χ2v) is 7.04. The molecular formula is C24H27N3O6. The smallest absolute Gasteiger partial charge is 0.328 e. The Labute approximate surface area is 192 Å². The zero-order chi connectivity index (χ0) is 24.2. The molecule has 1 atom stereocenters.